The molecule has 1 aromatic rings. The molecular weight excluding hydrogens is 360 g/mol. The number of hydrogen-bond donors (Lipinski definition) is 1. The van der Waals surface area contributed by atoms with E-state index in [1.807, 2.05) is 0 Å². The van der Waals surface area contributed by atoms with Crippen LogP contribution in [0.2, 0.25) is 0 Å². The maximum absolute atomic E-state index is 12.4. The van der Waals surface area contributed by atoms with Gasteiger partial charge in [-0.3, -0.25) is 4.79 Å². The van der Waals surface area contributed by atoms with Crippen molar-refractivity contribution >= 4 is 27.6 Å². The van der Waals surface area contributed by atoms with E-state index in [0.29, 0.717) is 37.2 Å². The normalized spacial score (nSPS) is 16.2. The minimum atomic E-state index is -3.35. The molecule has 0 spiro atoms. The van der Waals surface area contributed by atoms with Crippen LogP contribution in [-0.2, 0) is 24.3 Å². The van der Waals surface area contributed by atoms with Crippen molar-refractivity contribution in [2.75, 3.05) is 45.0 Å². The van der Waals surface area contributed by atoms with Gasteiger partial charge < -0.3 is 14.8 Å². The molecule has 1 amide bonds. The molecule has 1 aromatic carbocycles. The second-order valence-corrected chi connectivity index (χ2v) is 8.13. The van der Waals surface area contributed by atoms with Crippen LogP contribution in [0.3, 0.4) is 0 Å². The predicted octanol–water partition coefficient (Wildman–Crippen LogP) is 1.10. The lowest BCUT2D eigenvalue weighted by Gasteiger charge is -2.30. The molecule has 1 aliphatic heterocycles. The molecule has 0 unspecified atom stereocenters. The average Bonchev–Trinajstić information content (AvgIpc) is 2.66. The molecule has 26 heavy (non-hydrogen) atoms. The number of methoxy groups -OCH3 is 2. The highest BCUT2D eigenvalue weighted by Gasteiger charge is 2.30. The van der Waals surface area contributed by atoms with Crippen LogP contribution >= 0.6 is 0 Å². The molecule has 0 aromatic heterocycles. The van der Waals surface area contributed by atoms with Gasteiger partial charge in [-0.2, -0.15) is 0 Å². The monoisotopic (exact) mass is 384 g/mol. The van der Waals surface area contributed by atoms with Crippen LogP contribution < -0.4 is 5.32 Å². The summed E-state index contributed by atoms with van der Waals surface area (Å²) in [6, 6.07) is 6.50. The summed E-state index contributed by atoms with van der Waals surface area (Å²) in [6.45, 7) is 0.776. The molecule has 1 saturated heterocycles. The van der Waals surface area contributed by atoms with Crippen molar-refractivity contribution in [3.63, 3.8) is 0 Å². The third-order valence-corrected chi connectivity index (χ3v) is 6.15. The van der Waals surface area contributed by atoms with Crippen LogP contribution in [0, 0.1) is 5.92 Å². The predicted molar refractivity (Wildman–Crippen MR) is 96.4 cm³/mol. The molecule has 0 radical (unpaired) electrons. The molecule has 1 aliphatic rings. The van der Waals surface area contributed by atoms with Gasteiger partial charge in [0, 0.05) is 31.8 Å². The Bertz CT molecular complexity index is 741. The number of esters is 1. The first-order valence-electron chi connectivity index (χ1n) is 8.33. The number of rotatable bonds is 7. The maximum atomic E-state index is 12.4. The van der Waals surface area contributed by atoms with E-state index in [2.05, 4.69) is 10.1 Å². The summed E-state index contributed by atoms with van der Waals surface area (Å²) in [7, 11) is -0.593. The number of anilines is 1. The van der Waals surface area contributed by atoms with Crippen LogP contribution in [0.5, 0.6) is 0 Å². The van der Waals surface area contributed by atoms with Crippen molar-refractivity contribution in [2.24, 2.45) is 5.92 Å². The number of hydrogen-bond acceptors (Lipinski definition) is 6. The van der Waals surface area contributed by atoms with Gasteiger partial charge in [-0.15, -0.1) is 0 Å². The molecular formula is C17H24N2O6S. The van der Waals surface area contributed by atoms with Crippen molar-refractivity contribution in [3.8, 4) is 0 Å². The molecule has 144 valence electrons. The van der Waals surface area contributed by atoms with Gasteiger partial charge in [0.05, 0.1) is 25.0 Å². The number of nitrogens with zero attached hydrogens (tertiary/aromatic N) is 1. The number of carbonyl (C=O) groups excluding carboxylic acids is 2. The first-order valence-corrected chi connectivity index (χ1v) is 9.94. The van der Waals surface area contributed by atoms with E-state index in [0.717, 1.165) is 0 Å². The lowest BCUT2D eigenvalue weighted by atomic mass is 9.97. The van der Waals surface area contributed by atoms with Crippen molar-refractivity contribution in [2.45, 2.75) is 12.8 Å². The Morgan fingerprint density at radius 3 is 2.54 bits per heavy atom. The van der Waals surface area contributed by atoms with E-state index in [1.165, 1.54) is 18.5 Å². The van der Waals surface area contributed by atoms with E-state index in [4.69, 9.17) is 4.74 Å². The first kappa shape index (κ1) is 20.3. The topological polar surface area (TPSA) is 102 Å². The number of sulfonamides is 1. The van der Waals surface area contributed by atoms with Crippen LogP contribution in [0.25, 0.3) is 0 Å². The molecule has 0 saturated carbocycles. The third kappa shape index (κ3) is 5.26. The fraction of sp³-hybridized carbons (Fsp3) is 0.529. The second kappa shape index (κ2) is 9.11. The number of piperidine rings is 1. The van der Waals surface area contributed by atoms with Crippen LogP contribution in [0.4, 0.5) is 5.69 Å². The fourth-order valence-electron chi connectivity index (χ4n) is 2.80. The smallest absolute Gasteiger partial charge is 0.337 e. The highest BCUT2D eigenvalue weighted by Crippen LogP contribution is 2.22. The Morgan fingerprint density at radius 1 is 1.23 bits per heavy atom. The first-order chi connectivity index (χ1) is 12.4. The van der Waals surface area contributed by atoms with Gasteiger partial charge in [0.1, 0.15) is 0 Å². The van der Waals surface area contributed by atoms with E-state index >= 15 is 0 Å². The summed E-state index contributed by atoms with van der Waals surface area (Å²) in [5, 5.41) is 2.78. The van der Waals surface area contributed by atoms with Crippen molar-refractivity contribution in [1.29, 1.82) is 0 Å². The van der Waals surface area contributed by atoms with E-state index < -0.39 is 16.0 Å². The largest absolute Gasteiger partial charge is 0.465 e. The van der Waals surface area contributed by atoms with Gasteiger partial charge in [-0.1, -0.05) is 6.07 Å². The fourth-order valence-corrected chi connectivity index (χ4v) is 4.20. The maximum Gasteiger partial charge on any atom is 0.337 e. The highest BCUT2D eigenvalue weighted by molar-refractivity contribution is 7.89. The molecule has 1 fully saturated rings. The molecule has 9 heteroatoms. The highest BCUT2D eigenvalue weighted by atomic mass is 32.2. The Balaban J connectivity index is 1.92. The molecule has 1 N–H and O–H groups in total. The minimum absolute atomic E-state index is 0.0549. The third-order valence-electron chi connectivity index (χ3n) is 4.31. The van der Waals surface area contributed by atoms with Crippen molar-refractivity contribution < 1.29 is 27.5 Å². The van der Waals surface area contributed by atoms with Gasteiger partial charge in [0.25, 0.3) is 0 Å². The summed E-state index contributed by atoms with van der Waals surface area (Å²) in [6.07, 6.45) is 0.906. The Morgan fingerprint density at radius 2 is 1.92 bits per heavy atom. The summed E-state index contributed by atoms with van der Waals surface area (Å²) in [5.41, 5.74) is 0.859. The molecule has 0 bridgehead atoms. The van der Waals surface area contributed by atoms with Crippen LogP contribution in [-0.4, -0.2) is 64.3 Å². The van der Waals surface area contributed by atoms with Crippen LogP contribution in [0.15, 0.2) is 24.3 Å². The number of ether oxygens (including phenoxy) is 2. The van der Waals surface area contributed by atoms with Gasteiger partial charge >= 0.3 is 5.97 Å². The number of amides is 1. The van der Waals surface area contributed by atoms with E-state index in [-0.39, 0.29) is 24.2 Å². The summed E-state index contributed by atoms with van der Waals surface area (Å²) >= 11 is 0. The molecule has 0 aliphatic carbocycles. The average molecular weight is 384 g/mol. The lowest BCUT2D eigenvalue weighted by Crippen LogP contribution is -2.42. The Kier molecular flexibility index (Phi) is 7.13. The second-order valence-electron chi connectivity index (χ2n) is 6.04. The Labute approximate surface area is 153 Å². The minimum Gasteiger partial charge on any atom is -0.465 e. The zero-order valence-electron chi connectivity index (χ0n) is 14.9. The van der Waals surface area contributed by atoms with Gasteiger partial charge in [-0.05, 0) is 31.0 Å². The quantitative estimate of drug-likeness (QED) is 0.707. The van der Waals surface area contributed by atoms with Gasteiger partial charge in [-0.25, -0.2) is 17.5 Å². The zero-order chi connectivity index (χ0) is 19.2. The van der Waals surface area contributed by atoms with Gasteiger partial charge in [0.2, 0.25) is 15.9 Å². The number of carbonyl (C=O) groups is 2. The lowest BCUT2D eigenvalue weighted by molar-refractivity contribution is -0.120. The SMILES string of the molecule is COCCS(=O)(=O)N1CCC(C(=O)Nc2cccc(C(=O)OC)c2)CC1. The van der Waals surface area contributed by atoms with Crippen molar-refractivity contribution in [1.82, 2.24) is 4.31 Å². The summed E-state index contributed by atoms with van der Waals surface area (Å²) in [4.78, 5) is 24.0. The number of benzene rings is 1. The summed E-state index contributed by atoms with van der Waals surface area (Å²) < 4.78 is 35.2. The molecule has 0 atom stereocenters. The standard InChI is InChI=1S/C17H24N2O6S/c1-24-10-11-26(22,23)19-8-6-13(7-9-19)16(20)18-15-5-3-4-14(12-15)17(21)25-2/h3-5,12-13H,6-11H2,1-2H3,(H,18,20). The molecule has 2 rings (SSSR count). The number of nitrogens with one attached hydrogen (secondary N) is 1. The molecule has 1 heterocycles. The van der Waals surface area contributed by atoms with Crippen LogP contribution in [0.1, 0.15) is 23.2 Å². The summed E-state index contributed by atoms with van der Waals surface area (Å²) in [5.74, 6) is -0.983. The van der Waals surface area contributed by atoms with Crippen molar-refractivity contribution in [3.05, 3.63) is 29.8 Å². The van der Waals surface area contributed by atoms with E-state index in [1.54, 1.807) is 24.3 Å². The molecule has 8 nitrogen and oxygen atoms in total. The zero-order valence-corrected chi connectivity index (χ0v) is 15.8. The van der Waals surface area contributed by atoms with E-state index in [9.17, 15) is 18.0 Å². The Hall–Kier alpha value is -1.97. The van der Waals surface area contributed by atoms with Gasteiger partial charge in [0.15, 0.2) is 0 Å².